The highest BCUT2D eigenvalue weighted by molar-refractivity contribution is 5.75. The molecule has 0 aromatic heterocycles. The van der Waals surface area contributed by atoms with Crippen molar-refractivity contribution in [3.63, 3.8) is 0 Å². The Morgan fingerprint density at radius 2 is 2.00 bits per heavy atom. The van der Waals surface area contributed by atoms with Crippen molar-refractivity contribution in [2.45, 2.75) is 70.9 Å². The highest BCUT2D eigenvalue weighted by Crippen LogP contribution is 2.27. The third kappa shape index (κ3) is 4.60. The summed E-state index contributed by atoms with van der Waals surface area (Å²) in [7, 11) is 2.17. The van der Waals surface area contributed by atoms with Gasteiger partial charge >= 0.3 is 0 Å². The van der Waals surface area contributed by atoms with Crippen LogP contribution in [-0.4, -0.2) is 30.4 Å². The Balaban J connectivity index is 1.44. The first kappa shape index (κ1) is 17.5. The molecule has 24 heavy (non-hydrogen) atoms. The molecule has 0 saturated heterocycles. The number of fused-ring (bicyclic) bond motifs is 1. The summed E-state index contributed by atoms with van der Waals surface area (Å²) in [5.74, 6) is 1.03. The monoisotopic (exact) mass is 328 g/mol. The Morgan fingerprint density at radius 1 is 1.21 bits per heavy atom. The molecule has 1 amide bonds. The molecule has 1 aliphatic carbocycles. The standard InChI is InChI=1S/C21H32N2O/c1-16-8-10-18-15-23(2)20(13-19(18)12-16)14-22-21(24)11-9-17-6-4-3-5-7-17/h8,10,12,17,20H,3-7,9,11,13-15H2,1-2H3,(H,22,24). The van der Waals surface area contributed by atoms with E-state index in [-0.39, 0.29) is 5.91 Å². The Bertz CT molecular complexity index is 563. The molecule has 1 fully saturated rings. The van der Waals surface area contributed by atoms with Crippen molar-refractivity contribution in [3.8, 4) is 0 Å². The van der Waals surface area contributed by atoms with Gasteiger partial charge in [-0.25, -0.2) is 0 Å². The first-order valence-electron chi connectivity index (χ1n) is 9.67. The fraction of sp³-hybridized carbons (Fsp3) is 0.667. The van der Waals surface area contributed by atoms with Crippen molar-refractivity contribution in [2.75, 3.05) is 13.6 Å². The number of carbonyl (C=O) groups excluding carboxylic acids is 1. The van der Waals surface area contributed by atoms with Gasteiger partial charge in [0.25, 0.3) is 0 Å². The van der Waals surface area contributed by atoms with Crippen molar-refractivity contribution in [1.82, 2.24) is 10.2 Å². The SMILES string of the molecule is Cc1ccc2c(c1)CC(CNC(=O)CCC1CCCCC1)N(C)C2. The molecule has 0 spiro atoms. The lowest BCUT2D eigenvalue weighted by atomic mass is 9.86. The van der Waals surface area contributed by atoms with Crippen LogP contribution in [0.15, 0.2) is 18.2 Å². The summed E-state index contributed by atoms with van der Waals surface area (Å²) in [4.78, 5) is 14.6. The zero-order valence-corrected chi connectivity index (χ0v) is 15.3. The summed E-state index contributed by atoms with van der Waals surface area (Å²) < 4.78 is 0. The molecule has 3 nitrogen and oxygen atoms in total. The maximum Gasteiger partial charge on any atom is 0.220 e. The molecule has 1 aromatic rings. The maximum atomic E-state index is 12.2. The summed E-state index contributed by atoms with van der Waals surface area (Å²) in [6, 6.07) is 7.17. The first-order valence-corrected chi connectivity index (χ1v) is 9.67. The third-order valence-electron chi connectivity index (χ3n) is 5.90. The zero-order chi connectivity index (χ0) is 16.9. The van der Waals surface area contributed by atoms with Crippen LogP contribution in [0.5, 0.6) is 0 Å². The van der Waals surface area contributed by atoms with Gasteiger partial charge in [-0.15, -0.1) is 0 Å². The highest BCUT2D eigenvalue weighted by atomic mass is 16.1. The van der Waals surface area contributed by atoms with E-state index in [4.69, 9.17) is 0 Å². The minimum Gasteiger partial charge on any atom is -0.355 e. The number of nitrogens with one attached hydrogen (secondary N) is 1. The molecule has 1 aliphatic heterocycles. The molecule has 1 atom stereocenters. The fourth-order valence-corrected chi connectivity index (χ4v) is 4.27. The minimum absolute atomic E-state index is 0.240. The lowest BCUT2D eigenvalue weighted by Crippen LogP contribution is -2.45. The second-order valence-electron chi connectivity index (χ2n) is 7.89. The molecule has 1 unspecified atom stereocenters. The van der Waals surface area contributed by atoms with Gasteiger partial charge in [0, 0.05) is 25.6 Å². The molecule has 1 heterocycles. The summed E-state index contributed by atoms with van der Waals surface area (Å²) in [5.41, 5.74) is 4.21. The zero-order valence-electron chi connectivity index (χ0n) is 15.3. The van der Waals surface area contributed by atoms with Crippen LogP contribution in [0, 0.1) is 12.8 Å². The number of aryl methyl sites for hydroxylation is 1. The van der Waals surface area contributed by atoms with Crippen molar-refractivity contribution in [2.24, 2.45) is 5.92 Å². The average Bonchev–Trinajstić information content (AvgIpc) is 2.59. The maximum absolute atomic E-state index is 12.2. The highest BCUT2D eigenvalue weighted by Gasteiger charge is 2.24. The van der Waals surface area contributed by atoms with E-state index < -0.39 is 0 Å². The number of hydrogen-bond donors (Lipinski definition) is 1. The van der Waals surface area contributed by atoms with Crippen molar-refractivity contribution >= 4 is 5.91 Å². The number of rotatable bonds is 5. The molecule has 1 N–H and O–H groups in total. The van der Waals surface area contributed by atoms with Crippen LogP contribution in [0.2, 0.25) is 0 Å². The van der Waals surface area contributed by atoms with E-state index in [1.807, 2.05) is 0 Å². The molecule has 0 bridgehead atoms. The van der Waals surface area contributed by atoms with Gasteiger partial charge in [-0.2, -0.15) is 0 Å². The number of hydrogen-bond acceptors (Lipinski definition) is 2. The van der Waals surface area contributed by atoms with Crippen molar-refractivity contribution in [1.29, 1.82) is 0 Å². The largest absolute Gasteiger partial charge is 0.355 e. The third-order valence-corrected chi connectivity index (χ3v) is 5.90. The van der Waals surface area contributed by atoms with Crippen molar-refractivity contribution < 1.29 is 4.79 Å². The molecule has 1 aromatic carbocycles. The molecule has 132 valence electrons. The van der Waals surface area contributed by atoms with Crippen LogP contribution in [0.4, 0.5) is 0 Å². The predicted molar refractivity (Wildman–Crippen MR) is 99.0 cm³/mol. The Morgan fingerprint density at radius 3 is 2.79 bits per heavy atom. The normalized spacial score (nSPS) is 22.2. The Labute approximate surface area is 146 Å². The van der Waals surface area contributed by atoms with Crippen LogP contribution < -0.4 is 5.32 Å². The number of carbonyl (C=O) groups is 1. The van der Waals surface area contributed by atoms with Gasteiger partial charge in [0.1, 0.15) is 0 Å². The Kier molecular flexibility index (Phi) is 5.94. The number of likely N-dealkylation sites (N-methyl/N-ethyl adjacent to an activating group) is 1. The topological polar surface area (TPSA) is 32.3 Å². The molecule has 2 aliphatic rings. The summed E-state index contributed by atoms with van der Waals surface area (Å²) in [6.45, 7) is 3.91. The second kappa shape index (κ2) is 8.15. The van der Waals surface area contributed by atoms with Gasteiger partial charge in [-0.1, -0.05) is 55.9 Å². The quantitative estimate of drug-likeness (QED) is 0.891. The second-order valence-corrected chi connectivity index (χ2v) is 7.89. The number of nitrogens with zero attached hydrogens (tertiary/aromatic N) is 1. The molecular weight excluding hydrogens is 296 g/mol. The van der Waals surface area contributed by atoms with E-state index in [1.165, 1.54) is 48.8 Å². The van der Waals surface area contributed by atoms with Crippen LogP contribution in [0.3, 0.4) is 0 Å². The van der Waals surface area contributed by atoms with Crippen LogP contribution >= 0.6 is 0 Å². The van der Waals surface area contributed by atoms with Gasteiger partial charge in [-0.05, 0) is 43.9 Å². The van der Waals surface area contributed by atoms with Crippen LogP contribution in [-0.2, 0) is 17.8 Å². The van der Waals surface area contributed by atoms with Crippen LogP contribution in [0.1, 0.15) is 61.6 Å². The molecule has 0 radical (unpaired) electrons. The average molecular weight is 329 g/mol. The van der Waals surface area contributed by atoms with E-state index in [9.17, 15) is 4.79 Å². The fourth-order valence-electron chi connectivity index (χ4n) is 4.27. The minimum atomic E-state index is 0.240. The van der Waals surface area contributed by atoms with E-state index in [2.05, 4.69) is 42.4 Å². The molecular formula is C21H32N2O. The van der Waals surface area contributed by atoms with E-state index >= 15 is 0 Å². The lowest BCUT2D eigenvalue weighted by molar-refractivity contribution is -0.121. The van der Waals surface area contributed by atoms with Gasteiger partial charge in [0.2, 0.25) is 5.91 Å². The predicted octanol–water partition coefficient (Wildman–Crippen LogP) is 3.83. The molecule has 3 rings (SSSR count). The molecule has 3 heteroatoms. The van der Waals surface area contributed by atoms with Crippen molar-refractivity contribution in [3.05, 3.63) is 34.9 Å². The Hall–Kier alpha value is -1.35. The van der Waals surface area contributed by atoms with Crippen LogP contribution in [0.25, 0.3) is 0 Å². The summed E-state index contributed by atoms with van der Waals surface area (Å²) >= 11 is 0. The van der Waals surface area contributed by atoms with E-state index in [0.29, 0.717) is 12.5 Å². The van der Waals surface area contributed by atoms with E-state index in [1.54, 1.807) is 0 Å². The summed E-state index contributed by atoms with van der Waals surface area (Å²) in [5, 5.41) is 3.19. The van der Waals surface area contributed by atoms with Gasteiger partial charge in [0.05, 0.1) is 0 Å². The first-order chi connectivity index (χ1) is 11.6. The number of benzene rings is 1. The van der Waals surface area contributed by atoms with Gasteiger partial charge < -0.3 is 5.32 Å². The summed E-state index contributed by atoms with van der Waals surface area (Å²) in [6.07, 6.45) is 9.58. The van der Waals surface area contributed by atoms with Gasteiger partial charge in [-0.3, -0.25) is 9.69 Å². The smallest absolute Gasteiger partial charge is 0.220 e. The lowest BCUT2D eigenvalue weighted by Gasteiger charge is -2.34. The number of amides is 1. The van der Waals surface area contributed by atoms with Gasteiger partial charge in [0.15, 0.2) is 0 Å². The van der Waals surface area contributed by atoms with E-state index in [0.717, 1.165) is 31.8 Å². The molecule has 1 saturated carbocycles.